The molecule has 1 saturated heterocycles. The Morgan fingerprint density at radius 2 is 1.96 bits per heavy atom. The van der Waals surface area contributed by atoms with E-state index in [1.807, 2.05) is 44.7 Å². The van der Waals surface area contributed by atoms with Crippen molar-refractivity contribution in [1.82, 2.24) is 5.32 Å². The molecule has 3 rings (SSSR count). The van der Waals surface area contributed by atoms with E-state index >= 15 is 0 Å². The van der Waals surface area contributed by atoms with Gasteiger partial charge in [0.25, 0.3) is 5.91 Å². The van der Waals surface area contributed by atoms with Crippen LogP contribution in [0.2, 0.25) is 0 Å². The molecule has 1 aliphatic rings. The van der Waals surface area contributed by atoms with Crippen molar-refractivity contribution in [3.8, 4) is 0 Å². The molecule has 1 fully saturated rings. The first kappa shape index (κ1) is 18.9. The van der Waals surface area contributed by atoms with Crippen LogP contribution in [0.4, 0.5) is 10.1 Å². The Balaban J connectivity index is 1.66. The third-order valence-electron chi connectivity index (χ3n) is 4.51. The smallest absolute Gasteiger partial charge is 0.252 e. The van der Waals surface area contributed by atoms with Crippen molar-refractivity contribution in [2.45, 2.75) is 46.4 Å². The monoisotopic (exact) mass is 376 g/mol. The maximum Gasteiger partial charge on any atom is 0.252 e. The number of thiophene rings is 1. The number of carbonyl (C=O) groups excluding carboxylic acids is 1. The van der Waals surface area contributed by atoms with E-state index in [1.165, 1.54) is 6.07 Å². The van der Waals surface area contributed by atoms with Crippen LogP contribution in [0.25, 0.3) is 0 Å². The number of rotatable bonds is 4. The fourth-order valence-electron chi connectivity index (χ4n) is 3.43. The van der Waals surface area contributed by atoms with Gasteiger partial charge in [0.05, 0.1) is 23.5 Å². The zero-order valence-electron chi connectivity index (χ0n) is 15.6. The molecule has 0 bridgehead atoms. The fourth-order valence-corrected chi connectivity index (χ4v) is 4.35. The molecule has 1 aromatic carbocycles. The maximum atomic E-state index is 14.6. The lowest BCUT2D eigenvalue weighted by molar-refractivity contribution is -0.00539. The van der Waals surface area contributed by atoms with Crippen LogP contribution in [0.3, 0.4) is 0 Å². The molecule has 0 radical (unpaired) electrons. The molecule has 0 spiro atoms. The Bertz CT molecular complexity index is 795. The molecule has 0 saturated carbocycles. The van der Waals surface area contributed by atoms with Gasteiger partial charge >= 0.3 is 0 Å². The number of benzene rings is 1. The molecule has 2 atom stereocenters. The van der Waals surface area contributed by atoms with E-state index in [0.717, 1.165) is 15.3 Å². The minimum Gasteiger partial charge on any atom is -0.372 e. The molecule has 4 nitrogen and oxygen atoms in total. The van der Waals surface area contributed by atoms with Gasteiger partial charge in [0.2, 0.25) is 0 Å². The quantitative estimate of drug-likeness (QED) is 0.875. The van der Waals surface area contributed by atoms with E-state index in [1.54, 1.807) is 17.4 Å². The van der Waals surface area contributed by atoms with E-state index in [-0.39, 0.29) is 23.9 Å². The number of hydrogen-bond acceptors (Lipinski definition) is 4. The van der Waals surface area contributed by atoms with Gasteiger partial charge < -0.3 is 15.0 Å². The molecule has 2 aromatic rings. The number of anilines is 1. The van der Waals surface area contributed by atoms with Gasteiger partial charge in [0, 0.05) is 29.4 Å². The Morgan fingerprint density at radius 1 is 1.27 bits per heavy atom. The maximum absolute atomic E-state index is 14.6. The first-order valence-corrected chi connectivity index (χ1v) is 9.69. The highest BCUT2D eigenvalue weighted by atomic mass is 32.1. The lowest BCUT2D eigenvalue weighted by Gasteiger charge is -2.37. The third kappa shape index (κ3) is 4.24. The molecule has 1 amide bonds. The van der Waals surface area contributed by atoms with Crippen molar-refractivity contribution in [2.24, 2.45) is 0 Å². The predicted octanol–water partition coefficient (Wildman–Crippen LogP) is 4.05. The standard InChI is InChI=1S/C20H25FN2O2S/c1-12-10-23(11-13(2)25-12)19-6-5-16(8-18(19)21)9-22-20(24)17-7-14(3)26-15(17)4/h5-8,12-13H,9-11H2,1-4H3,(H,22,24). The number of morpholine rings is 1. The van der Waals surface area contributed by atoms with Crippen LogP contribution in [-0.2, 0) is 11.3 Å². The van der Waals surface area contributed by atoms with E-state index in [0.29, 0.717) is 30.9 Å². The van der Waals surface area contributed by atoms with Gasteiger partial charge in [-0.25, -0.2) is 4.39 Å². The number of ether oxygens (including phenoxy) is 1. The molecule has 2 unspecified atom stereocenters. The summed E-state index contributed by atoms with van der Waals surface area (Å²) < 4.78 is 20.3. The second kappa shape index (κ2) is 7.76. The zero-order valence-corrected chi connectivity index (χ0v) is 16.5. The van der Waals surface area contributed by atoms with Crippen molar-refractivity contribution in [3.63, 3.8) is 0 Å². The van der Waals surface area contributed by atoms with Crippen molar-refractivity contribution in [3.05, 3.63) is 51.0 Å². The van der Waals surface area contributed by atoms with E-state index in [2.05, 4.69) is 5.32 Å². The van der Waals surface area contributed by atoms with E-state index in [4.69, 9.17) is 4.74 Å². The summed E-state index contributed by atoms with van der Waals surface area (Å²) in [5.41, 5.74) is 2.03. The van der Waals surface area contributed by atoms with Crippen LogP contribution in [0.1, 0.15) is 39.5 Å². The Kier molecular flexibility index (Phi) is 5.63. The fraction of sp³-hybridized carbons (Fsp3) is 0.450. The molecule has 2 heterocycles. The van der Waals surface area contributed by atoms with E-state index in [9.17, 15) is 9.18 Å². The molecule has 1 N–H and O–H groups in total. The van der Waals surface area contributed by atoms with Crippen LogP contribution < -0.4 is 10.2 Å². The summed E-state index contributed by atoms with van der Waals surface area (Å²) in [4.78, 5) is 16.4. The van der Waals surface area contributed by atoms with Gasteiger partial charge in [-0.15, -0.1) is 11.3 Å². The molecular formula is C20H25FN2O2S. The summed E-state index contributed by atoms with van der Waals surface area (Å²) >= 11 is 1.60. The Labute approximate surface area is 158 Å². The Morgan fingerprint density at radius 3 is 2.54 bits per heavy atom. The summed E-state index contributed by atoms with van der Waals surface area (Å²) in [6.45, 7) is 9.57. The summed E-state index contributed by atoms with van der Waals surface area (Å²) in [5.74, 6) is -0.382. The third-order valence-corrected chi connectivity index (χ3v) is 5.48. The van der Waals surface area contributed by atoms with Crippen molar-refractivity contribution in [2.75, 3.05) is 18.0 Å². The SMILES string of the molecule is Cc1cc(C(=O)NCc2ccc(N3CC(C)OC(C)C3)c(F)c2)c(C)s1. The zero-order chi connectivity index (χ0) is 18.8. The molecular weight excluding hydrogens is 351 g/mol. The molecule has 0 aliphatic carbocycles. The van der Waals surface area contributed by atoms with Gasteiger partial charge in [-0.1, -0.05) is 6.07 Å². The largest absolute Gasteiger partial charge is 0.372 e. The Hall–Kier alpha value is -1.92. The number of halogens is 1. The minimum absolute atomic E-state index is 0.0782. The van der Waals surface area contributed by atoms with Crippen molar-refractivity contribution >= 4 is 22.9 Å². The molecule has 6 heteroatoms. The molecule has 1 aromatic heterocycles. The van der Waals surface area contributed by atoms with Gasteiger partial charge in [0.15, 0.2) is 0 Å². The first-order valence-electron chi connectivity index (χ1n) is 8.87. The van der Waals surface area contributed by atoms with Crippen LogP contribution in [0.5, 0.6) is 0 Å². The minimum atomic E-state index is -0.263. The normalized spacial score (nSPS) is 20.3. The summed E-state index contributed by atoms with van der Waals surface area (Å²) in [7, 11) is 0. The molecule has 140 valence electrons. The topological polar surface area (TPSA) is 41.6 Å². The van der Waals surface area contributed by atoms with Crippen LogP contribution in [-0.4, -0.2) is 31.2 Å². The average Bonchev–Trinajstić information content (AvgIpc) is 2.90. The van der Waals surface area contributed by atoms with Gasteiger partial charge in [-0.2, -0.15) is 0 Å². The highest BCUT2D eigenvalue weighted by Gasteiger charge is 2.24. The van der Waals surface area contributed by atoms with E-state index < -0.39 is 0 Å². The summed E-state index contributed by atoms with van der Waals surface area (Å²) in [5, 5.41) is 2.88. The van der Waals surface area contributed by atoms with Gasteiger partial charge in [-0.3, -0.25) is 4.79 Å². The highest BCUT2D eigenvalue weighted by molar-refractivity contribution is 7.12. The van der Waals surface area contributed by atoms with Gasteiger partial charge in [0.1, 0.15) is 5.82 Å². The van der Waals surface area contributed by atoms with Crippen LogP contribution >= 0.6 is 11.3 Å². The number of carbonyl (C=O) groups is 1. The summed E-state index contributed by atoms with van der Waals surface area (Å²) in [6, 6.07) is 7.06. The second-order valence-electron chi connectivity index (χ2n) is 6.96. The first-order chi connectivity index (χ1) is 12.3. The van der Waals surface area contributed by atoms with Crippen LogP contribution in [0.15, 0.2) is 24.3 Å². The number of nitrogens with one attached hydrogen (secondary N) is 1. The van der Waals surface area contributed by atoms with Crippen molar-refractivity contribution < 1.29 is 13.9 Å². The van der Waals surface area contributed by atoms with Crippen LogP contribution in [0, 0.1) is 19.7 Å². The number of amides is 1. The average molecular weight is 376 g/mol. The second-order valence-corrected chi connectivity index (χ2v) is 8.42. The molecule has 1 aliphatic heterocycles. The molecule has 26 heavy (non-hydrogen) atoms. The lowest BCUT2D eigenvalue weighted by atomic mass is 10.1. The number of hydrogen-bond donors (Lipinski definition) is 1. The highest BCUT2D eigenvalue weighted by Crippen LogP contribution is 2.25. The lowest BCUT2D eigenvalue weighted by Crippen LogP contribution is -2.45. The number of aryl methyl sites for hydroxylation is 2. The van der Waals surface area contributed by atoms with Crippen molar-refractivity contribution in [1.29, 1.82) is 0 Å². The predicted molar refractivity (Wildman–Crippen MR) is 104 cm³/mol. The number of nitrogens with zero attached hydrogens (tertiary/aromatic N) is 1. The van der Waals surface area contributed by atoms with Gasteiger partial charge in [-0.05, 0) is 51.5 Å². The summed E-state index contributed by atoms with van der Waals surface area (Å²) in [6.07, 6.45) is 0.156.